The molecular weight excluding hydrogens is 228 g/mol. The molecule has 1 aliphatic heterocycles. The van der Waals surface area contributed by atoms with Gasteiger partial charge in [-0.25, -0.2) is 0 Å². The summed E-state index contributed by atoms with van der Waals surface area (Å²) in [5, 5.41) is 6.61. The Hall–Kier alpha value is -0.610. The van der Waals surface area contributed by atoms with Gasteiger partial charge in [-0.1, -0.05) is 0 Å². The van der Waals surface area contributed by atoms with Gasteiger partial charge < -0.3 is 15.4 Å². The van der Waals surface area contributed by atoms with E-state index in [2.05, 4.69) is 10.6 Å². The summed E-state index contributed by atoms with van der Waals surface area (Å²) in [6.07, 6.45) is 4.84. The van der Waals surface area contributed by atoms with Gasteiger partial charge >= 0.3 is 0 Å². The van der Waals surface area contributed by atoms with Gasteiger partial charge in [-0.15, -0.1) is 0 Å². The summed E-state index contributed by atoms with van der Waals surface area (Å²) in [6, 6.07) is 0.738. The average molecular weight is 250 g/mol. The van der Waals surface area contributed by atoms with Crippen molar-refractivity contribution in [3.8, 4) is 0 Å². The summed E-state index contributed by atoms with van der Waals surface area (Å²) in [5.74, 6) is 3.76. The zero-order chi connectivity index (χ0) is 12.1. The fourth-order valence-electron chi connectivity index (χ4n) is 4.74. The van der Waals surface area contributed by atoms with E-state index in [0.717, 1.165) is 36.8 Å². The van der Waals surface area contributed by atoms with Gasteiger partial charge in [0.15, 0.2) is 0 Å². The maximum Gasteiger partial charge on any atom is 0.221 e. The largest absolute Gasteiger partial charge is 0.378 e. The predicted molar refractivity (Wildman–Crippen MR) is 67.0 cm³/mol. The SMILES string of the molecule is O=C(CC1COCCN1)NC1C2C3CCC(C3)C12. The second-order valence-electron chi connectivity index (χ2n) is 6.51. The highest BCUT2D eigenvalue weighted by Gasteiger charge is 2.65. The molecule has 5 atom stereocenters. The Kier molecular flexibility index (Phi) is 2.62. The molecule has 0 aromatic carbocycles. The molecule has 0 aromatic heterocycles. The van der Waals surface area contributed by atoms with Gasteiger partial charge in [0, 0.05) is 25.0 Å². The smallest absolute Gasteiger partial charge is 0.221 e. The van der Waals surface area contributed by atoms with E-state index >= 15 is 0 Å². The quantitative estimate of drug-likeness (QED) is 0.768. The fraction of sp³-hybridized carbons (Fsp3) is 0.929. The summed E-state index contributed by atoms with van der Waals surface area (Å²) in [6.45, 7) is 2.32. The molecule has 4 rings (SSSR count). The van der Waals surface area contributed by atoms with E-state index in [0.29, 0.717) is 19.1 Å². The molecule has 1 amide bonds. The monoisotopic (exact) mass is 250 g/mol. The summed E-state index contributed by atoms with van der Waals surface area (Å²) in [5.41, 5.74) is 0. The van der Waals surface area contributed by atoms with Crippen LogP contribution in [0, 0.1) is 23.7 Å². The second kappa shape index (κ2) is 4.20. The average Bonchev–Trinajstić information content (AvgIpc) is 2.79. The lowest BCUT2D eigenvalue weighted by atomic mass is 10.0. The Labute approximate surface area is 108 Å². The molecule has 0 aromatic rings. The minimum absolute atomic E-state index is 0.217. The third-order valence-electron chi connectivity index (χ3n) is 5.49. The van der Waals surface area contributed by atoms with Crippen LogP contribution in [0.1, 0.15) is 25.7 Å². The van der Waals surface area contributed by atoms with E-state index in [1.807, 2.05) is 0 Å². The van der Waals surface area contributed by atoms with Crippen molar-refractivity contribution in [3.63, 3.8) is 0 Å². The number of rotatable bonds is 3. The van der Waals surface area contributed by atoms with E-state index in [-0.39, 0.29) is 11.9 Å². The maximum atomic E-state index is 12.0. The van der Waals surface area contributed by atoms with Crippen LogP contribution in [0.4, 0.5) is 0 Å². The van der Waals surface area contributed by atoms with Gasteiger partial charge in [-0.3, -0.25) is 4.79 Å². The number of fused-ring (bicyclic) bond motifs is 5. The Balaban J connectivity index is 1.27. The molecule has 1 heterocycles. The first-order valence-electron chi connectivity index (χ1n) is 7.43. The molecule has 1 saturated heterocycles. The topological polar surface area (TPSA) is 50.4 Å². The first-order valence-corrected chi connectivity index (χ1v) is 7.43. The number of carbonyl (C=O) groups is 1. The lowest BCUT2D eigenvalue weighted by Crippen LogP contribution is -2.44. The summed E-state index contributed by atoms with van der Waals surface area (Å²) in [4.78, 5) is 12.0. The van der Waals surface area contributed by atoms with Crippen molar-refractivity contribution in [1.82, 2.24) is 10.6 Å². The molecule has 4 aliphatic rings. The van der Waals surface area contributed by atoms with Crippen LogP contribution in [-0.2, 0) is 9.53 Å². The molecule has 5 unspecified atom stereocenters. The molecular formula is C14H22N2O2. The van der Waals surface area contributed by atoms with Crippen LogP contribution in [0.2, 0.25) is 0 Å². The van der Waals surface area contributed by atoms with E-state index in [4.69, 9.17) is 4.74 Å². The first-order chi connectivity index (χ1) is 8.83. The number of morpholine rings is 1. The number of hydrogen-bond donors (Lipinski definition) is 2. The van der Waals surface area contributed by atoms with Crippen molar-refractivity contribution in [2.45, 2.75) is 37.8 Å². The molecule has 2 N–H and O–H groups in total. The number of ether oxygens (including phenoxy) is 1. The fourth-order valence-corrected chi connectivity index (χ4v) is 4.74. The van der Waals surface area contributed by atoms with E-state index in [1.165, 1.54) is 19.3 Å². The standard InChI is InChI=1S/C14H22N2O2/c17-11(6-10-7-18-4-3-15-10)16-14-12-8-1-2-9(5-8)13(12)14/h8-10,12-15H,1-7H2,(H,16,17). The van der Waals surface area contributed by atoms with Gasteiger partial charge in [-0.05, 0) is 42.9 Å². The van der Waals surface area contributed by atoms with Crippen molar-refractivity contribution in [1.29, 1.82) is 0 Å². The molecule has 0 spiro atoms. The van der Waals surface area contributed by atoms with Gasteiger partial charge in [-0.2, -0.15) is 0 Å². The Morgan fingerprint density at radius 1 is 1.28 bits per heavy atom. The molecule has 18 heavy (non-hydrogen) atoms. The van der Waals surface area contributed by atoms with Gasteiger partial charge in [0.05, 0.1) is 13.2 Å². The van der Waals surface area contributed by atoms with E-state index in [1.54, 1.807) is 0 Å². The van der Waals surface area contributed by atoms with Crippen LogP contribution in [0.3, 0.4) is 0 Å². The van der Waals surface area contributed by atoms with Crippen molar-refractivity contribution in [2.75, 3.05) is 19.8 Å². The molecule has 3 aliphatic carbocycles. The van der Waals surface area contributed by atoms with Crippen LogP contribution in [0.15, 0.2) is 0 Å². The molecule has 4 heteroatoms. The second-order valence-corrected chi connectivity index (χ2v) is 6.51. The minimum atomic E-state index is 0.217. The van der Waals surface area contributed by atoms with Crippen LogP contribution in [-0.4, -0.2) is 37.7 Å². The van der Waals surface area contributed by atoms with Gasteiger partial charge in [0.25, 0.3) is 0 Å². The Bertz CT molecular complexity index is 338. The third kappa shape index (κ3) is 1.77. The molecule has 100 valence electrons. The van der Waals surface area contributed by atoms with E-state index in [9.17, 15) is 4.79 Å². The van der Waals surface area contributed by atoms with Crippen LogP contribution in [0.25, 0.3) is 0 Å². The highest BCUT2D eigenvalue weighted by atomic mass is 16.5. The summed E-state index contributed by atoms with van der Waals surface area (Å²) < 4.78 is 5.38. The number of amides is 1. The van der Waals surface area contributed by atoms with Crippen molar-refractivity contribution in [3.05, 3.63) is 0 Å². The lowest BCUT2D eigenvalue weighted by molar-refractivity contribution is -0.122. The highest BCUT2D eigenvalue weighted by molar-refractivity contribution is 5.77. The first kappa shape index (κ1) is 11.2. The summed E-state index contributed by atoms with van der Waals surface area (Å²) >= 11 is 0. The van der Waals surface area contributed by atoms with Crippen molar-refractivity contribution < 1.29 is 9.53 Å². The Morgan fingerprint density at radius 2 is 2.06 bits per heavy atom. The normalized spacial score (nSPS) is 48.9. The van der Waals surface area contributed by atoms with E-state index < -0.39 is 0 Å². The van der Waals surface area contributed by atoms with Crippen LogP contribution in [0.5, 0.6) is 0 Å². The number of carbonyl (C=O) groups excluding carboxylic acids is 1. The highest BCUT2D eigenvalue weighted by Crippen LogP contribution is 2.65. The van der Waals surface area contributed by atoms with Crippen LogP contribution >= 0.6 is 0 Å². The molecule has 2 bridgehead atoms. The molecule has 4 nitrogen and oxygen atoms in total. The van der Waals surface area contributed by atoms with Gasteiger partial charge in [0.2, 0.25) is 5.91 Å². The number of nitrogens with one attached hydrogen (secondary N) is 2. The zero-order valence-corrected chi connectivity index (χ0v) is 10.7. The number of hydrogen-bond acceptors (Lipinski definition) is 3. The van der Waals surface area contributed by atoms with Crippen molar-refractivity contribution >= 4 is 5.91 Å². The molecule has 4 fully saturated rings. The van der Waals surface area contributed by atoms with Crippen LogP contribution < -0.4 is 10.6 Å². The van der Waals surface area contributed by atoms with Gasteiger partial charge in [0.1, 0.15) is 0 Å². The Morgan fingerprint density at radius 3 is 2.72 bits per heavy atom. The molecule has 3 saturated carbocycles. The zero-order valence-electron chi connectivity index (χ0n) is 10.7. The summed E-state index contributed by atoms with van der Waals surface area (Å²) in [7, 11) is 0. The maximum absolute atomic E-state index is 12.0. The predicted octanol–water partition coefficient (Wildman–Crippen LogP) is 0.526. The lowest BCUT2D eigenvalue weighted by Gasteiger charge is -2.23. The third-order valence-corrected chi connectivity index (χ3v) is 5.49. The minimum Gasteiger partial charge on any atom is -0.378 e. The molecule has 0 radical (unpaired) electrons. The van der Waals surface area contributed by atoms with Crippen molar-refractivity contribution in [2.24, 2.45) is 23.7 Å².